The molecule has 0 unspecified atom stereocenters. The van der Waals surface area contributed by atoms with E-state index >= 15 is 0 Å². The standard InChI is InChI=1S/C28H21FN2O3S/c29-21-14-16-22(17-15-21)35(33,34)27-18-31(26-13-7-5-11-24(26)27)19-28(32)30-25-12-6-4-10-23(25)20-8-2-1-3-9-20/h1-18H,19H2,(H,30,32). The summed E-state index contributed by atoms with van der Waals surface area (Å²) < 4.78 is 41.6. The molecule has 0 bridgehead atoms. The van der Waals surface area contributed by atoms with E-state index in [1.807, 2.05) is 54.6 Å². The van der Waals surface area contributed by atoms with Crippen molar-refractivity contribution in [1.29, 1.82) is 0 Å². The Hall–Kier alpha value is -4.23. The monoisotopic (exact) mass is 484 g/mol. The van der Waals surface area contributed by atoms with Crippen LogP contribution in [0.15, 0.2) is 119 Å². The van der Waals surface area contributed by atoms with Gasteiger partial charge in [0.1, 0.15) is 12.4 Å². The van der Waals surface area contributed by atoms with Gasteiger partial charge in [0.2, 0.25) is 15.7 Å². The first-order valence-corrected chi connectivity index (χ1v) is 12.4. The molecule has 35 heavy (non-hydrogen) atoms. The van der Waals surface area contributed by atoms with Crippen molar-refractivity contribution in [3.63, 3.8) is 0 Å². The number of amides is 1. The fourth-order valence-electron chi connectivity index (χ4n) is 4.10. The molecule has 0 fully saturated rings. The third kappa shape index (κ3) is 4.46. The number of para-hydroxylation sites is 2. The van der Waals surface area contributed by atoms with Gasteiger partial charge in [0.15, 0.2) is 0 Å². The van der Waals surface area contributed by atoms with E-state index in [0.29, 0.717) is 16.6 Å². The number of aromatic nitrogens is 1. The molecule has 5 nitrogen and oxygen atoms in total. The number of sulfone groups is 1. The molecule has 1 N–H and O–H groups in total. The number of benzene rings is 4. The minimum Gasteiger partial charge on any atom is -0.337 e. The number of rotatable bonds is 6. The second-order valence-corrected chi connectivity index (χ2v) is 9.97. The summed E-state index contributed by atoms with van der Waals surface area (Å²) in [4.78, 5) is 13.1. The second kappa shape index (κ2) is 9.19. The summed E-state index contributed by atoms with van der Waals surface area (Å²) in [7, 11) is -3.92. The first kappa shape index (κ1) is 22.6. The molecule has 174 valence electrons. The minimum absolute atomic E-state index is 0.0111. The van der Waals surface area contributed by atoms with Gasteiger partial charge in [-0.25, -0.2) is 12.8 Å². The van der Waals surface area contributed by atoms with Crippen LogP contribution in [0.3, 0.4) is 0 Å². The van der Waals surface area contributed by atoms with Gasteiger partial charge in [0, 0.05) is 28.4 Å². The normalized spacial score (nSPS) is 11.5. The third-order valence-corrected chi connectivity index (χ3v) is 7.56. The fourth-order valence-corrected chi connectivity index (χ4v) is 5.58. The minimum atomic E-state index is -3.92. The molecule has 0 aliphatic heterocycles. The van der Waals surface area contributed by atoms with Gasteiger partial charge >= 0.3 is 0 Å². The molecule has 0 aliphatic rings. The molecule has 0 radical (unpaired) electrons. The summed E-state index contributed by atoms with van der Waals surface area (Å²) in [6, 6.07) is 29.0. The molecule has 0 aliphatic carbocycles. The number of halogens is 1. The predicted molar refractivity (Wildman–Crippen MR) is 134 cm³/mol. The fraction of sp³-hybridized carbons (Fsp3) is 0.0357. The molecule has 4 aromatic carbocycles. The Labute approximate surface area is 202 Å². The molecule has 1 heterocycles. The maximum Gasteiger partial charge on any atom is 0.244 e. The van der Waals surface area contributed by atoms with Crippen LogP contribution < -0.4 is 5.32 Å². The van der Waals surface area contributed by atoms with Crippen LogP contribution in [0, 0.1) is 5.82 Å². The van der Waals surface area contributed by atoms with Crippen molar-refractivity contribution in [2.24, 2.45) is 0 Å². The highest BCUT2D eigenvalue weighted by Gasteiger charge is 2.24. The molecule has 0 spiro atoms. The summed E-state index contributed by atoms with van der Waals surface area (Å²) in [5.41, 5.74) is 3.14. The second-order valence-electron chi connectivity index (χ2n) is 8.06. The Morgan fingerprint density at radius 1 is 0.800 bits per heavy atom. The van der Waals surface area contributed by atoms with Crippen molar-refractivity contribution in [2.75, 3.05) is 5.32 Å². The zero-order valence-corrected chi connectivity index (χ0v) is 19.4. The van der Waals surface area contributed by atoms with Crippen LogP contribution in [0.5, 0.6) is 0 Å². The van der Waals surface area contributed by atoms with Crippen LogP contribution in [-0.2, 0) is 21.2 Å². The van der Waals surface area contributed by atoms with E-state index in [1.165, 1.54) is 18.3 Å². The van der Waals surface area contributed by atoms with Crippen LogP contribution in [0.2, 0.25) is 0 Å². The van der Waals surface area contributed by atoms with Crippen molar-refractivity contribution in [1.82, 2.24) is 4.57 Å². The van der Waals surface area contributed by atoms with E-state index < -0.39 is 15.7 Å². The SMILES string of the molecule is O=C(Cn1cc(S(=O)(=O)c2ccc(F)cc2)c2ccccc21)Nc1ccccc1-c1ccccc1. The van der Waals surface area contributed by atoms with Gasteiger partial charge in [-0.1, -0.05) is 66.7 Å². The Morgan fingerprint density at radius 2 is 1.46 bits per heavy atom. The van der Waals surface area contributed by atoms with E-state index in [-0.39, 0.29) is 22.2 Å². The van der Waals surface area contributed by atoms with Gasteiger partial charge in [-0.2, -0.15) is 0 Å². The van der Waals surface area contributed by atoms with E-state index in [1.54, 1.807) is 28.8 Å². The Morgan fingerprint density at radius 3 is 2.23 bits per heavy atom. The van der Waals surface area contributed by atoms with Crippen molar-refractivity contribution in [2.45, 2.75) is 16.3 Å². The molecular weight excluding hydrogens is 463 g/mol. The molecule has 7 heteroatoms. The van der Waals surface area contributed by atoms with E-state index in [2.05, 4.69) is 5.32 Å². The van der Waals surface area contributed by atoms with Crippen LogP contribution >= 0.6 is 0 Å². The summed E-state index contributed by atoms with van der Waals surface area (Å²) in [5, 5.41) is 3.45. The summed E-state index contributed by atoms with van der Waals surface area (Å²) in [6.45, 7) is -0.0808. The Kier molecular flexibility index (Phi) is 5.93. The molecule has 1 amide bonds. The highest BCUT2D eigenvalue weighted by molar-refractivity contribution is 7.91. The summed E-state index contributed by atoms with van der Waals surface area (Å²) >= 11 is 0. The Balaban J connectivity index is 1.48. The largest absolute Gasteiger partial charge is 0.337 e. The van der Waals surface area contributed by atoms with Gasteiger partial charge in [0.05, 0.1) is 9.79 Å². The van der Waals surface area contributed by atoms with Gasteiger partial charge < -0.3 is 9.88 Å². The lowest BCUT2D eigenvalue weighted by Gasteiger charge is -2.12. The van der Waals surface area contributed by atoms with Crippen molar-refractivity contribution < 1.29 is 17.6 Å². The number of hydrogen-bond donors (Lipinski definition) is 1. The first-order chi connectivity index (χ1) is 16.9. The third-order valence-electron chi connectivity index (χ3n) is 5.77. The Bertz CT molecular complexity index is 1630. The molecule has 5 aromatic rings. The topological polar surface area (TPSA) is 68.2 Å². The molecule has 1 aromatic heterocycles. The number of carbonyl (C=O) groups excluding carboxylic acids is 1. The van der Waals surface area contributed by atoms with Gasteiger partial charge in [-0.15, -0.1) is 0 Å². The number of hydrogen-bond acceptors (Lipinski definition) is 3. The van der Waals surface area contributed by atoms with E-state index in [0.717, 1.165) is 23.3 Å². The van der Waals surface area contributed by atoms with Gasteiger partial charge in [-0.3, -0.25) is 4.79 Å². The van der Waals surface area contributed by atoms with E-state index in [4.69, 9.17) is 0 Å². The van der Waals surface area contributed by atoms with Crippen LogP contribution in [0.25, 0.3) is 22.0 Å². The number of anilines is 1. The highest BCUT2D eigenvalue weighted by atomic mass is 32.2. The highest BCUT2D eigenvalue weighted by Crippen LogP contribution is 2.31. The predicted octanol–water partition coefficient (Wildman–Crippen LogP) is 5.92. The quantitative estimate of drug-likeness (QED) is 0.304. The van der Waals surface area contributed by atoms with Gasteiger partial charge in [-0.05, 0) is 42.0 Å². The molecular formula is C28H21FN2O3S. The van der Waals surface area contributed by atoms with Gasteiger partial charge in [0.25, 0.3) is 0 Å². The number of carbonyl (C=O) groups is 1. The zero-order chi connectivity index (χ0) is 24.4. The molecule has 0 saturated carbocycles. The lowest BCUT2D eigenvalue weighted by atomic mass is 10.0. The molecule has 0 saturated heterocycles. The van der Waals surface area contributed by atoms with Crippen LogP contribution in [0.1, 0.15) is 0 Å². The van der Waals surface area contributed by atoms with Crippen LogP contribution in [-0.4, -0.2) is 18.9 Å². The maximum absolute atomic E-state index is 13.4. The average Bonchev–Trinajstić information content (AvgIpc) is 3.24. The zero-order valence-electron chi connectivity index (χ0n) is 18.6. The lowest BCUT2D eigenvalue weighted by Crippen LogP contribution is -2.18. The molecule has 0 atom stereocenters. The summed E-state index contributed by atoms with van der Waals surface area (Å²) in [6.07, 6.45) is 1.46. The maximum atomic E-state index is 13.4. The average molecular weight is 485 g/mol. The first-order valence-electron chi connectivity index (χ1n) is 11.0. The number of fused-ring (bicyclic) bond motifs is 1. The smallest absolute Gasteiger partial charge is 0.244 e. The molecule has 5 rings (SSSR count). The summed E-state index contributed by atoms with van der Waals surface area (Å²) in [5.74, 6) is -0.807. The van der Waals surface area contributed by atoms with Crippen molar-refractivity contribution in [3.05, 3.63) is 115 Å². The van der Waals surface area contributed by atoms with Crippen molar-refractivity contribution >= 4 is 32.3 Å². The number of nitrogens with one attached hydrogen (secondary N) is 1. The lowest BCUT2D eigenvalue weighted by molar-refractivity contribution is -0.116. The van der Waals surface area contributed by atoms with E-state index in [9.17, 15) is 17.6 Å². The van der Waals surface area contributed by atoms with Crippen molar-refractivity contribution in [3.8, 4) is 11.1 Å². The van der Waals surface area contributed by atoms with Crippen LogP contribution in [0.4, 0.5) is 10.1 Å². The number of nitrogens with zero attached hydrogens (tertiary/aromatic N) is 1.